The highest BCUT2D eigenvalue weighted by Crippen LogP contribution is 2.22. The van der Waals surface area contributed by atoms with E-state index in [2.05, 4.69) is 52.0 Å². The van der Waals surface area contributed by atoms with E-state index in [0.29, 0.717) is 24.4 Å². The number of benzene rings is 1. The molecule has 3 heteroatoms. The predicted octanol–water partition coefficient (Wildman–Crippen LogP) is 1.95. The smallest absolute Gasteiger partial charge is 0.272 e. The maximum Gasteiger partial charge on any atom is 0.272 e. The van der Waals surface area contributed by atoms with E-state index in [1.807, 2.05) is 5.32 Å². The summed E-state index contributed by atoms with van der Waals surface area (Å²) in [6, 6.07) is 9.07. The Morgan fingerprint density at radius 2 is 1.68 bits per heavy atom. The van der Waals surface area contributed by atoms with Crippen LogP contribution in [0, 0.1) is 5.92 Å². The van der Waals surface area contributed by atoms with E-state index < -0.39 is 0 Å². The first-order valence-electron chi connectivity index (χ1n) is 7.17. The van der Waals surface area contributed by atoms with Crippen LogP contribution in [0.4, 0.5) is 0 Å². The molecule has 2 atom stereocenters. The Kier molecular flexibility index (Phi) is 6.03. The summed E-state index contributed by atoms with van der Waals surface area (Å²) in [4.78, 5) is 10.9. The zero-order valence-electron chi connectivity index (χ0n) is 12.5. The van der Waals surface area contributed by atoms with E-state index in [1.54, 1.807) is 0 Å². The van der Waals surface area contributed by atoms with Gasteiger partial charge in [0, 0.05) is 11.5 Å². The van der Waals surface area contributed by atoms with Crippen LogP contribution in [0.25, 0.3) is 0 Å². The molecule has 0 fully saturated rings. The minimum absolute atomic E-state index is 0.262. The molecule has 0 aliphatic rings. The molecule has 0 aliphatic carbocycles. The first-order chi connectivity index (χ1) is 8.95. The number of primary amides is 1. The fraction of sp³-hybridized carbons (Fsp3) is 0.562. The van der Waals surface area contributed by atoms with Gasteiger partial charge in [-0.3, -0.25) is 4.79 Å². The predicted molar refractivity (Wildman–Crippen MR) is 78.7 cm³/mol. The van der Waals surface area contributed by atoms with Crippen LogP contribution in [0.5, 0.6) is 0 Å². The van der Waals surface area contributed by atoms with Gasteiger partial charge in [-0.2, -0.15) is 0 Å². The zero-order valence-corrected chi connectivity index (χ0v) is 12.5. The summed E-state index contributed by atoms with van der Waals surface area (Å²) in [5, 5.41) is 2.03. The molecule has 0 saturated carbocycles. The summed E-state index contributed by atoms with van der Waals surface area (Å²) in [5.74, 6) is 0.803. The molecule has 0 saturated heterocycles. The van der Waals surface area contributed by atoms with Gasteiger partial charge in [0.05, 0.1) is 0 Å². The first kappa shape index (κ1) is 15.7. The Bertz CT molecular complexity index is 398. The molecule has 0 heterocycles. The van der Waals surface area contributed by atoms with Gasteiger partial charge < -0.3 is 11.1 Å². The Hall–Kier alpha value is -1.35. The van der Waals surface area contributed by atoms with Crippen LogP contribution in [0.1, 0.15) is 57.2 Å². The van der Waals surface area contributed by atoms with Crippen molar-refractivity contribution in [2.75, 3.05) is 6.54 Å². The summed E-state index contributed by atoms with van der Waals surface area (Å²) in [6.07, 6.45) is 1.15. The standard InChI is InChI=1S/C16H26N2O/c1-5-12(4)13-6-8-14(9-7-13)16(11(2)3)18-10-15(17)19/h6-9,11-12,16,18H,5,10H2,1-4H3,(H2,17,19)/p+1/t12-,16+/m0/s1. The lowest BCUT2D eigenvalue weighted by molar-refractivity contribution is -0.692. The molecule has 1 amide bonds. The second-order valence-electron chi connectivity index (χ2n) is 5.65. The second kappa shape index (κ2) is 7.29. The lowest BCUT2D eigenvalue weighted by Gasteiger charge is -2.20. The highest BCUT2D eigenvalue weighted by Gasteiger charge is 2.19. The van der Waals surface area contributed by atoms with Crippen molar-refractivity contribution < 1.29 is 10.1 Å². The molecule has 106 valence electrons. The van der Waals surface area contributed by atoms with Gasteiger partial charge in [-0.15, -0.1) is 0 Å². The topological polar surface area (TPSA) is 59.7 Å². The van der Waals surface area contributed by atoms with Gasteiger partial charge in [-0.1, -0.05) is 52.0 Å². The van der Waals surface area contributed by atoms with E-state index in [9.17, 15) is 4.79 Å². The van der Waals surface area contributed by atoms with Crippen LogP contribution in [-0.4, -0.2) is 12.5 Å². The van der Waals surface area contributed by atoms with Gasteiger partial charge >= 0.3 is 0 Å². The van der Waals surface area contributed by atoms with Crippen LogP contribution in [0.2, 0.25) is 0 Å². The fourth-order valence-corrected chi connectivity index (χ4v) is 2.32. The molecule has 0 aliphatic heterocycles. The fourth-order valence-electron chi connectivity index (χ4n) is 2.32. The number of rotatable bonds is 7. The van der Waals surface area contributed by atoms with Crippen molar-refractivity contribution in [2.24, 2.45) is 11.7 Å². The average Bonchev–Trinajstić information content (AvgIpc) is 2.38. The van der Waals surface area contributed by atoms with Gasteiger partial charge in [0.1, 0.15) is 6.04 Å². The number of quaternary nitrogens is 1. The molecular formula is C16H27N2O+. The third-order valence-corrected chi connectivity index (χ3v) is 3.79. The molecule has 0 spiro atoms. The van der Waals surface area contributed by atoms with E-state index in [1.165, 1.54) is 11.1 Å². The molecule has 0 unspecified atom stereocenters. The Labute approximate surface area is 116 Å². The SMILES string of the molecule is CC[C@H](C)c1ccc([C@H]([NH2+]CC(N)=O)C(C)C)cc1. The monoisotopic (exact) mass is 263 g/mol. The van der Waals surface area contributed by atoms with Crippen molar-refractivity contribution in [3.63, 3.8) is 0 Å². The number of amides is 1. The van der Waals surface area contributed by atoms with Crippen LogP contribution in [0.15, 0.2) is 24.3 Å². The van der Waals surface area contributed by atoms with Crippen LogP contribution >= 0.6 is 0 Å². The molecule has 1 aromatic rings. The number of nitrogens with two attached hydrogens (primary N) is 2. The lowest BCUT2D eigenvalue weighted by Crippen LogP contribution is -2.88. The lowest BCUT2D eigenvalue weighted by atomic mass is 9.92. The van der Waals surface area contributed by atoms with Crippen molar-refractivity contribution in [3.05, 3.63) is 35.4 Å². The highest BCUT2D eigenvalue weighted by molar-refractivity contribution is 5.74. The molecule has 3 nitrogen and oxygen atoms in total. The van der Waals surface area contributed by atoms with Gasteiger partial charge in [-0.05, 0) is 17.9 Å². The number of carbonyl (C=O) groups excluding carboxylic acids is 1. The third kappa shape index (κ3) is 4.67. The molecule has 19 heavy (non-hydrogen) atoms. The molecular weight excluding hydrogens is 236 g/mol. The molecule has 0 bridgehead atoms. The van der Waals surface area contributed by atoms with Crippen molar-refractivity contribution in [3.8, 4) is 0 Å². The number of hydrogen-bond acceptors (Lipinski definition) is 1. The summed E-state index contributed by atoms with van der Waals surface area (Å²) in [5.41, 5.74) is 7.88. The molecule has 0 aromatic heterocycles. The highest BCUT2D eigenvalue weighted by atomic mass is 16.1. The molecule has 0 radical (unpaired) electrons. The van der Waals surface area contributed by atoms with Crippen LogP contribution < -0.4 is 11.1 Å². The Morgan fingerprint density at radius 1 is 1.16 bits per heavy atom. The summed E-state index contributed by atoms with van der Waals surface area (Å²) in [7, 11) is 0. The second-order valence-corrected chi connectivity index (χ2v) is 5.65. The normalized spacial score (nSPS) is 14.4. The first-order valence-corrected chi connectivity index (χ1v) is 7.17. The van der Waals surface area contributed by atoms with E-state index in [-0.39, 0.29) is 5.91 Å². The van der Waals surface area contributed by atoms with E-state index in [0.717, 1.165) is 6.42 Å². The van der Waals surface area contributed by atoms with Crippen molar-refractivity contribution >= 4 is 5.91 Å². The van der Waals surface area contributed by atoms with Gasteiger partial charge in [-0.25, -0.2) is 0 Å². The summed E-state index contributed by atoms with van der Waals surface area (Å²) >= 11 is 0. The molecule has 1 aromatic carbocycles. The van der Waals surface area contributed by atoms with E-state index >= 15 is 0 Å². The van der Waals surface area contributed by atoms with Crippen molar-refractivity contribution in [2.45, 2.75) is 46.1 Å². The zero-order chi connectivity index (χ0) is 14.4. The van der Waals surface area contributed by atoms with Gasteiger partial charge in [0.15, 0.2) is 6.54 Å². The minimum Gasteiger partial charge on any atom is -0.365 e. The largest absolute Gasteiger partial charge is 0.365 e. The number of hydrogen-bond donors (Lipinski definition) is 2. The maximum atomic E-state index is 10.9. The minimum atomic E-state index is -0.262. The Balaban J connectivity index is 2.82. The van der Waals surface area contributed by atoms with Gasteiger partial charge in [0.2, 0.25) is 0 Å². The maximum absolute atomic E-state index is 10.9. The Morgan fingerprint density at radius 3 is 2.11 bits per heavy atom. The summed E-state index contributed by atoms with van der Waals surface area (Å²) < 4.78 is 0. The van der Waals surface area contributed by atoms with Crippen LogP contribution in [-0.2, 0) is 4.79 Å². The molecule has 1 rings (SSSR count). The van der Waals surface area contributed by atoms with Crippen molar-refractivity contribution in [1.29, 1.82) is 0 Å². The quantitative estimate of drug-likeness (QED) is 0.776. The number of carbonyl (C=O) groups is 1. The van der Waals surface area contributed by atoms with E-state index in [4.69, 9.17) is 5.73 Å². The van der Waals surface area contributed by atoms with Gasteiger partial charge in [0.25, 0.3) is 5.91 Å². The molecule has 4 N–H and O–H groups in total. The third-order valence-electron chi connectivity index (χ3n) is 3.79. The van der Waals surface area contributed by atoms with Crippen LogP contribution in [0.3, 0.4) is 0 Å². The summed E-state index contributed by atoms with van der Waals surface area (Å²) in [6.45, 7) is 9.13. The average molecular weight is 263 g/mol. The van der Waals surface area contributed by atoms with Crippen molar-refractivity contribution in [1.82, 2.24) is 0 Å².